The molecule has 0 saturated carbocycles. The van der Waals surface area contributed by atoms with Gasteiger partial charge in [-0.25, -0.2) is 4.39 Å². The summed E-state index contributed by atoms with van der Waals surface area (Å²) in [5, 5.41) is 20.1. The molecule has 0 spiro atoms. The average molecular weight is 348 g/mol. The molecule has 132 valence electrons. The molecule has 0 aromatic rings. The van der Waals surface area contributed by atoms with E-state index >= 15 is 0 Å². The lowest BCUT2D eigenvalue weighted by Gasteiger charge is -2.24. The van der Waals surface area contributed by atoms with Crippen LogP contribution in [0.2, 0.25) is 0 Å². The molecule has 0 bridgehead atoms. The van der Waals surface area contributed by atoms with Gasteiger partial charge in [0.25, 0.3) is 0 Å². The van der Waals surface area contributed by atoms with Gasteiger partial charge in [0.15, 0.2) is 0 Å². The summed E-state index contributed by atoms with van der Waals surface area (Å²) in [6, 6.07) is 0. The van der Waals surface area contributed by atoms with Gasteiger partial charge in [-0.15, -0.1) is 0 Å². The highest BCUT2D eigenvalue weighted by Gasteiger charge is 2.35. The van der Waals surface area contributed by atoms with Gasteiger partial charge in [-0.1, -0.05) is 13.8 Å². The second-order valence-electron chi connectivity index (χ2n) is 6.39. The lowest BCUT2D eigenvalue weighted by atomic mass is 9.86. The number of aliphatic hydroxyl groups excluding tert-OH is 1. The van der Waals surface area contributed by atoms with Crippen LogP contribution in [-0.4, -0.2) is 44.4 Å². The molecular formula is C15H25FN2O4S. The Balaban J connectivity index is 4.83. The quantitative estimate of drug-likeness (QED) is 0.577. The van der Waals surface area contributed by atoms with E-state index in [1.54, 1.807) is 13.8 Å². The molecule has 0 aliphatic heterocycles. The average Bonchev–Trinajstić information content (AvgIpc) is 2.43. The van der Waals surface area contributed by atoms with E-state index in [1.165, 1.54) is 20.8 Å². The van der Waals surface area contributed by atoms with Crippen molar-refractivity contribution in [2.24, 2.45) is 5.41 Å². The van der Waals surface area contributed by atoms with Crippen molar-refractivity contribution in [2.75, 3.05) is 6.61 Å². The zero-order valence-corrected chi connectivity index (χ0v) is 14.9. The Morgan fingerprint density at radius 1 is 1.35 bits per heavy atom. The Morgan fingerprint density at radius 3 is 2.30 bits per heavy atom. The molecule has 0 fully saturated rings. The van der Waals surface area contributed by atoms with Gasteiger partial charge in [0.05, 0.1) is 23.8 Å². The van der Waals surface area contributed by atoms with Crippen LogP contribution in [0.15, 0.2) is 11.5 Å². The van der Waals surface area contributed by atoms with Crippen molar-refractivity contribution in [1.29, 1.82) is 5.41 Å². The number of amides is 2. The highest BCUT2D eigenvalue weighted by atomic mass is 32.2. The summed E-state index contributed by atoms with van der Waals surface area (Å²) in [5.41, 5.74) is -0.881. The van der Waals surface area contributed by atoms with Gasteiger partial charge in [-0.2, -0.15) is 0 Å². The van der Waals surface area contributed by atoms with Gasteiger partial charge in [-0.05, 0) is 26.8 Å². The number of hydrogen-bond donors (Lipinski definition) is 3. The van der Waals surface area contributed by atoms with E-state index < -0.39 is 38.9 Å². The second kappa shape index (κ2) is 8.44. The van der Waals surface area contributed by atoms with Crippen molar-refractivity contribution < 1.29 is 23.3 Å². The first-order valence-corrected chi connectivity index (χ1v) is 8.32. The number of imide groups is 1. The Kier molecular flexibility index (Phi) is 7.93. The van der Waals surface area contributed by atoms with Crippen molar-refractivity contribution in [1.82, 2.24) is 5.32 Å². The van der Waals surface area contributed by atoms with Gasteiger partial charge >= 0.3 is 0 Å². The molecule has 8 heteroatoms. The number of halogens is 1. The third-order valence-corrected chi connectivity index (χ3v) is 4.92. The zero-order valence-electron chi connectivity index (χ0n) is 14.1. The van der Waals surface area contributed by atoms with Crippen LogP contribution in [0.3, 0.4) is 0 Å². The molecule has 3 N–H and O–H groups in total. The number of aliphatic hydroxyl groups is 1. The third kappa shape index (κ3) is 6.70. The minimum absolute atomic E-state index is 0.0182. The normalized spacial score (nSPS) is 15.3. The number of allylic oxidation sites excluding steroid dienone is 1. The summed E-state index contributed by atoms with van der Waals surface area (Å²) in [6.07, 6.45) is -0.563. The minimum atomic E-state index is -1.81. The summed E-state index contributed by atoms with van der Waals surface area (Å²) in [4.78, 5) is 23.9. The van der Waals surface area contributed by atoms with E-state index in [9.17, 15) is 18.2 Å². The summed E-state index contributed by atoms with van der Waals surface area (Å²) in [7, 11) is -1.81. The van der Waals surface area contributed by atoms with Crippen molar-refractivity contribution in [3.8, 4) is 0 Å². The predicted molar refractivity (Wildman–Crippen MR) is 88.3 cm³/mol. The first-order valence-electron chi connectivity index (χ1n) is 7.10. The summed E-state index contributed by atoms with van der Waals surface area (Å²) < 4.78 is 23.3. The van der Waals surface area contributed by atoms with Gasteiger partial charge < -0.3 is 10.5 Å². The van der Waals surface area contributed by atoms with Gasteiger partial charge in [0, 0.05) is 16.5 Å². The van der Waals surface area contributed by atoms with Crippen LogP contribution < -0.4 is 5.32 Å². The zero-order chi connectivity index (χ0) is 18.4. The number of hydrogen-bond acceptors (Lipinski definition) is 5. The molecule has 2 amide bonds. The molecule has 2 atom stereocenters. The summed E-state index contributed by atoms with van der Waals surface area (Å²) in [5.74, 6) is -1.49. The standard InChI is InChI=1S/C15H25FN2O4S/c1-10(16)6-7-23(22)15(4,5)13(21)18-12(20)8-11(17)14(2,3)9-19/h6-7,10,17,19H,8-9H2,1-5H3,(H,18,20,21)/b7-6+,17-11?. The summed E-state index contributed by atoms with van der Waals surface area (Å²) >= 11 is 0. The SMILES string of the molecule is CC(F)/C=C/S(=O)C(C)(C)C(=O)NC(=O)CC(=N)C(C)(C)CO. The molecule has 0 heterocycles. The molecule has 0 rings (SSSR count). The number of alkyl halides is 1. The van der Waals surface area contributed by atoms with Crippen LogP contribution in [0.1, 0.15) is 41.0 Å². The molecule has 0 saturated heterocycles. The molecule has 0 aromatic carbocycles. The second-order valence-corrected chi connectivity index (χ2v) is 8.28. The van der Waals surface area contributed by atoms with E-state index in [2.05, 4.69) is 5.32 Å². The first kappa shape index (κ1) is 21.6. The van der Waals surface area contributed by atoms with Crippen LogP contribution in [0.5, 0.6) is 0 Å². The van der Waals surface area contributed by atoms with Crippen LogP contribution >= 0.6 is 0 Å². The topological polar surface area (TPSA) is 107 Å². The molecular weight excluding hydrogens is 323 g/mol. The fraction of sp³-hybridized carbons (Fsp3) is 0.667. The highest BCUT2D eigenvalue weighted by molar-refractivity contribution is 7.90. The van der Waals surface area contributed by atoms with E-state index in [1.807, 2.05) is 0 Å². The first-order chi connectivity index (χ1) is 10.3. The number of rotatable bonds is 8. The van der Waals surface area contributed by atoms with Crippen molar-refractivity contribution in [2.45, 2.75) is 52.0 Å². The number of nitrogens with one attached hydrogen (secondary N) is 2. The maximum Gasteiger partial charge on any atom is 0.245 e. The fourth-order valence-corrected chi connectivity index (χ4v) is 2.19. The lowest BCUT2D eigenvalue weighted by molar-refractivity contribution is -0.130. The Morgan fingerprint density at radius 2 is 1.87 bits per heavy atom. The van der Waals surface area contributed by atoms with E-state index in [4.69, 9.17) is 10.5 Å². The van der Waals surface area contributed by atoms with Crippen molar-refractivity contribution in [3.63, 3.8) is 0 Å². The van der Waals surface area contributed by atoms with Gasteiger partial charge in [0.1, 0.15) is 10.9 Å². The van der Waals surface area contributed by atoms with Crippen LogP contribution in [0.4, 0.5) is 4.39 Å². The monoisotopic (exact) mass is 348 g/mol. The van der Waals surface area contributed by atoms with E-state index in [-0.39, 0.29) is 18.7 Å². The van der Waals surface area contributed by atoms with Gasteiger partial charge in [0.2, 0.25) is 11.8 Å². The maximum atomic E-state index is 12.7. The Labute approximate surface area is 138 Å². The minimum Gasteiger partial charge on any atom is -0.395 e. The molecule has 0 aliphatic carbocycles. The van der Waals surface area contributed by atoms with Crippen LogP contribution in [-0.2, 0) is 20.4 Å². The number of carbonyl (C=O) groups excluding carboxylic acids is 2. The Hall–Kier alpha value is -1.41. The van der Waals surface area contributed by atoms with Gasteiger partial charge in [-0.3, -0.25) is 19.1 Å². The van der Waals surface area contributed by atoms with E-state index in [0.717, 1.165) is 11.5 Å². The molecule has 23 heavy (non-hydrogen) atoms. The predicted octanol–water partition coefficient (Wildman–Crippen LogP) is 1.46. The maximum absolute atomic E-state index is 12.7. The van der Waals surface area contributed by atoms with Crippen LogP contribution in [0.25, 0.3) is 0 Å². The molecule has 2 unspecified atom stereocenters. The van der Waals surface area contributed by atoms with Crippen molar-refractivity contribution in [3.05, 3.63) is 11.5 Å². The smallest absolute Gasteiger partial charge is 0.245 e. The highest BCUT2D eigenvalue weighted by Crippen LogP contribution is 2.18. The van der Waals surface area contributed by atoms with E-state index in [0.29, 0.717) is 0 Å². The molecule has 0 radical (unpaired) electrons. The third-order valence-electron chi connectivity index (χ3n) is 3.32. The van der Waals surface area contributed by atoms with Crippen LogP contribution in [0, 0.1) is 10.8 Å². The van der Waals surface area contributed by atoms with Crippen molar-refractivity contribution >= 4 is 28.3 Å². The molecule has 0 aromatic heterocycles. The largest absolute Gasteiger partial charge is 0.395 e. The fourth-order valence-electron chi connectivity index (χ4n) is 1.26. The number of carbonyl (C=O) groups is 2. The Bertz CT molecular complexity index is 528. The summed E-state index contributed by atoms with van der Waals surface area (Å²) in [6.45, 7) is 6.93. The lowest BCUT2D eigenvalue weighted by Crippen LogP contribution is -2.48. The molecule has 0 aliphatic rings. The molecule has 6 nitrogen and oxygen atoms in total.